The zero-order chi connectivity index (χ0) is 22.9. The van der Waals surface area contributed by atoms with Crippen LogP contribution in [0.5, 0.6) is 5.75 Å². The van der Waals surface area contributed by atoms with Gasteiger partial charge in [-0.15, -0.1) is 0 Å². The highest BCUT2D eigenvalue weighted by atomic mass is 16.5. The second-order valence-electron chi connectivity index (χ2n) is 9.65. The molecule has 1 aliphatic carbocycles. The highest BCUT2D eigenvalue weighted by Crippen LogP contribution is 2.46. The molecule has 6 nitrogen and oxygen atoms in total. The molecule has 1 saturated carbocycles. The molecule has 2 unspecified atom stereocenters. The number of aromatic nitrogens is 2. The molecule has 3 aromatic rings. The summed E-state index contributed by atoms with van der Waals surface area (Å²) in [5.74, 6) is 1.92. The Bertz CT molecular complexity index is 1100. The Kier molecular flexibility index (Phi) is 6.13. The molecule has 4 rings (SSSR count). The molecule has 2 atom stereocenters. The van der Waals surface area contributed by atoms with Crippen molar-refractivity contribution in [3.63, 3.8) is 0 Å². The van der Waals surface area contributed by atoms with Gasteiger partial charge in [0.1, 0.15) is 5.75 Å². The van der Waals surface area contributed by atoms with Crippen molar-refractivity contribution in [2.45, 2.75) is 53.0 Å². The smallest absolute Gasteiger partial charge is 0.337 e. The maximum atomic E-state index is 12.1. The normalized spacial score (nSPS) is 20.2. The Labute approximate surface area is 189 Å². The summed E-state index contributed by atoms with van der Waals surface area (Å²) < 4.78 is 12.8. The van der Waals surface area contributed by atoms with E-state index in [2.05, 4.69) is 30.7 Å². The first-order valence-corrected chi connectivity index (χ1v) is 11.4. The Balaban J connectivity index is 1.77. The molecular weight excluding hydrogens is 402 g/mol. The molecule has 0 aliphatic heterocycles. The molecule has 0 spiro atoms. The van der Waals surface area contributed by atoms with Gasteiger partial charge in [-0.1, -0.05) is 20.8 Å². The topological polar surface area (TPSA) is 65.4 Å². The first-order chi connectivity index (χ1) is 15.3. The van der Waals surface area contributed by atoms with Crippen LogP contribution >= 0.6 is 0 Å². The SMILES string of the molecule is CCOc1ccc(Nc2nc3cc(C(=O)OC)ccc3n2C2CC(C)CC(C)(C)C2)cc1. The van der Waals surface area contributed by atoms with Gasteiger partial charge in [0.25, 0.3) is 0 Å². The lowest BCUT2D eigenvalue weighted by atomic mass is 9.70. The lowest BCUT2D eigenvalue weighted by molar-refractivity contribution is 0.0601. The Hall–Kier alpha value is -3.02. The molecule has 1 aliphatic rings. The number of hydrogen-bond acceptors (Lipinski definition) is 5. The maximum absolute atomic E-state index is 12.1. The van der Waals surface area contributed by atoms with Crippen molar-refractivity contribution in [3.8, 4) is 5.75 Å². The number of fused-ring (bicyclic) bond motifs is 1. The summed E-state index contributed by atoms with van der Waals surface area (Å²) in [6, 6.07) is 13.9. The first kappa shape index (κ1) is 22.2. The molecule has 2 aromatic carbocycles. The number of hydrogen-bond donors (Lipinski definition) is 1. The van der Waals surface area contributed by atoms with E-state index in [0.29, 0.717) is 24.1 Å². The van der Waals surface area contributed by atoms with Gasteiger partial charge in [-0.25, -0.2) is 9.78 Å². The number of esters is 1. The number of imidazole rings is 1. The van der Waals surface area contributed by atoms with Crippen molar-refractivity contribution in [1.29, 1.82) is 0 Å². The quantitative estimate of drug-likeness (QED) is 0.457. The minimum absolute atomic E-state index is 0.265. The number of ether oxygens (including phenoxy) is 2. The largest absolute Gasteiger partial charge is 0.494 e. The van der Waals surface area contributed by atoms with Gasteiger partial charge in [0.2, 0.25) is 5.95 Å². The van der Waals surface area contributed by atoms with Crippen LogP contribution < -0.4 is 10.1 Å². The number of nitrogens with zero attached hydrogens (tertiary/aromatic N) is 2. The second kappa shape index (κ2) is 8.85. The van der Waals surface area contributed by atoms with Crippen LogP contribution in [0, 0.1) is 11.3 Å². The van der Waals surface area contributed by atoms with Crippen LogP contribution in [0.15, 0.2) is 42.5 Å². The van der Waals surface area contributed by atoms with E-state index in [1.165, 1.54) is 13.5 Å². The highest BCUT2D eigenvalue weighted by Gasteiger charge is 2.34. The van der Waals surface area contributed by atoms with Gasteiger partial charge < -0.3 is 19.4 Å². The van der Waals surface area contributed by atoms with Gasteiger partial charge in [0, 0.05) is 11.7 Å². The highest BCUT2D eigenvalue weighted by molar-refractivity contribution is 5.94. The first-order valence-electron chi connectivity index (χ1n) is 11.4. The molecule has 0 bridgehead atoms. The number of rotatable bonds is 6. The Morgan fingerprint density at radius 3 is 2.59 bits per heavy atom. The molecule has 1 heterocycles. The average molecular weight is 436 g/mol. The summed E-state index contributed by atoms with van der Waals surface area (Å²) in [6.45, 7) is 9.65. The fourth-order valence-electron chi connectivity index (χ4n) is 5.22. The van der Waals surface area contributed by atoms with Gasteiger partial charge in [-0.3, -0.25) is 0 Å². The summed E-state index contributed by atoms with van der Waals surface area (Å²) in [4.78, 5) is 17.0. The predicted octanol–water partition coefficient (Wildman–Crippen LogP) is 6.35. The van der Waals surface area contributed by atoms with Crippen molar-refractivity contribution in [1.82, 2.24) is 9.55 Å². The molecule has 1 N–H and O–H groups in total. The van der Waals surface area contributed by atoms with Crippen molar-refractivity contribution in [2.24, 2.45) is 11.3 Å². The lowest BCUT2D eigenvalue weighted by Gasteiger charge is -2.40. The predicted molar refractivity (Wildman–Crippen MR) is 128 cm³/mol. The van der Waals surface area contributed by atoms with E-state index in [4.69, 9.17) is 14.5 Å². The van der Waals surface area contributed by atoms with Gasteiger partial charge in [-0.2, -0.15) is 0 Å². The summed E-state index contributed by atoms with van der Waals surface area (Å²) >= 11 is 0. The number of anilines is 2. The van der Waals surface area contributed by atoms with Crippen molar-refractivity contribution in [3.05, 3.63) is 48.0 Å². The van der Waals surface area contributed by atoms with Gasteiger partial charge in [0.15, 0.2) is 0 Å². The lowest BCUT2D eigenvalue weighted by Crippen LogP contribution is -2.29. The number of benzene rings is 2. The fourth-order valence-corrected chi connectivity index (χ4v) is 5.22. The number of carbonyl (C=O) groups excluding carboxylic acids is 1. The number of carbonyl (C=O) groups is 1. The van der Waals surface area contributed by atoms with Crippen molar-refractivity contribution >= 4 is 28.6 Å². The molecule has 0 radical (unpaired) electrons. The van der Waals surface area contributed by atoms with E-state index < -0.39 is 0 Å². The van der Waals surface area contributed by atoms with Gasteiger partial charge >= 0.3 is 5.97 Å². The third-order valence-corrected chi connectivity index (χ3v) is 6.26. The van der Waals surface area contributed by atoms with Gasteiger partial charge in [-0.05, 0) is 80.0 Å². The van der Waals surface area contributed by atoms with Crippen LogP contribution in [0.1, 0.15) is 63.4 Å². The van der Waals surface area contributed by atoms with E-state index >= 15 is 0 Å². The maximum Gasteiger partial charge on any atom is 0.337 e. The Morgan fingerprint density at radius 1 is 1.19 bits per heavy atom. The minimum Gasteiger partial charge on any atom is -0.494 e. The molecule has 1 fully saturated rings. The molecule has 6 heteroatoms. The van der Waals surface area contributed by atoms with Crippen LogP contribution in [-0.4, -0.2) is 29.2 Å². The van der Waals surface area contributed by atoms with E-state index in [0.717, 1.165) is 41.3 Å². The molecule has 32 heavy (non-hydrogen) atoms. The third kappa shape index (κ3) is 4.59. The summed E-state index contributed by atoms with van der Waals surface area (Å²) in [7, 11) is 1.40. The summed E-state index contributed by atoms with van der Waals surface area (Å²) in [6.07, 6.45) is 3.41. The van der Waals surface area contributed by atoms with Crippen LogP contribution in [-0.2, 0) is 4.74 Å². The second-order valence-corrected chi connectivity index (χ2v) is 9.65. The molecule has 170 valence electrons. The zero-order valence-electron chi connectivity index (χ0n) is 19.6. The summed E-state index contributed by atoms with van der Waals surface area (Å²) in [5, 5.41) is 3.51. The van der Waals surface area contributed by atoms with E-state index in [-0.39, 0.29) is 11.4 Å². The monoisotopic (exact) mass is 435 g/mol. The van der Waals surface area contributed by atoms with Crippen LogP contribution in [0.3, 0.4) is 0 Å². The van der Waals surface area contributed by atoms with E-state index in [9.17, 15) is 4.79 Å². The van der Waals surface area contributed by atoms with Crippen LogP contribution in [0.4, 0.5) is 11.6 Å². The fraction of sp³-hybridized carbons (Fsp3) is 0.462. The van der Waals surface area contributed by atoms with Crippen molar-refractivity contribution < 1.29 is 14.3 Å². The molecular formula is C26H33N3O3. The van der Waals surface area contributed by atoms with E-state index in [1.807, 2.05) is 49.4 Å². The number of nitrogens with one attached hydrogen (secondary N) is 1. The Morgan fingerprint density at radius 2 is 1.94 bits per heavy atom. The van der Waals surface area contributed by atoms with Crippen LogP contribution in [0.2, 0.25) is 0 Å². The average Bonchev–Trinajstić information content (AvgIpc) is 3.10. The molecule has 0 saturated heterocycles. The minimum atomic E-state index is -0.352. The van der Waals surface area contributed by atoms with Crippen molar-refractivity contribution in [2.75, 3.05) is 19.0 Å². The summed E-state index contributed by atoms with van der Waals surface area (Å²) in [5.41, 5.74) is 3.54. The van der Waals surface area contributed by atoms with Crippen LogP contribution in [0.25, 0.3) is 11.0 Å². The number of methoxy groups -OCH3 is 1. The van der Waals surface area contributed by atoms with Gasteiger partial charge in [0.05, 0.1) is 30.3 Å². The molecule has 1 aromatic heterocycles. The third-order valence-electron chi connectivity index (χ3n) is 6.26. The zero-order valence-corrected chi connectivity index (χ0v) is 19.6. The standard InChI is InChI=1S/C26H33N3O3/c1-6-32-21-10-8-19(9-11-21)27-25-28-22-14-18(24(30)31-5)7-12-23(22)29(25)20-13-17(2)15-26(3,4)16-20/h7-12,14,17,20H,6,13,15-16H2,1-5H3,(H,27,28). The molecule has 0 amide bonds. The van der Waals surface area contributed by atoms with E-state index in [1.54, 1.807) is 0 Å².